The van der Waals surface area contributed by atoms with Gasteiger partial charge in [0.2, 0.25) is 5.91 Å². The first-order chi connectivity index (χ1) is 5.20. The van der Waals surface area contributed by atoms with Gasteiger partial charge in [-0.2, -0.15) is 5.48 Å². The van der Waals surface area contributed by atoms with Gasteiger partial charge in [-0.15, -0.1) is 0 Å². The van der Waals surface area contributed by atoms with Crippen molar-refractivity contribution in [2.24, 2.45) is 11.7 Å². The number of nitrogens with one attached hydrogen (secondary N) is 1. The molecular formula is C7H14N2O2. The Kier molecular flexibility index (Phi) is 2.84. The maximum absolute atomic E-state index is 10.2. The zero-order valence-electron chi connectivity index (χ0n) is 6.67. The van der Waals surface area contributed by atoms with Gasteiger partial charge in [-0.3, -0.25) is 9.63 Å². The number of amides is 1. The number of hydrogen-bond acceptors (Lipinski definition) is 3. The Morgan fingerprint density at radius 1 is 1.73 bits per heavy atom. The molecule has 1 saturated carbocycles. The van der Waals surface area contributed by atoms with Crippen LogP contribution in [0.5, 0.6) is 0 Å². The van der Waals surface area contributed by atoms with Gasteiger partial charge in [-0.25, -0.2) is 0 Å². The van der Waals surface area contributed by atoms with Crippen LogP contribution in [0.1, 0.15) is 19.8 Å². The SMILES string of the molecule is CC1CCC1NOCC(N)=O. The summed E-state index contributed by atoms with van der Waals surface area (Å²) in [6.07, 6.45) is 2.36. The summed E-state index contributed by atoms with van der Waals surface area (Å²) in [5, 5.41) is 0. The molecule has 1 amide bonds. The molecule has 0 radical (unpaired) electrons. The van der Waals surface area contributed by atoms with Gasteiger partial charge in [0.25, 0.3) is 0 Å². The number of nitrogens with two attached hydrogens (primary N) is 1. The molecule has 4 nitrogen and oxygen atoms in total. The van der Waals surface area contributed by atoms with Crippen LogP contribution in [0.3, 0.4) is 0 Å². The van der Waals surface area contributed by atoms with Crippen molar-refractivity contribution in [1.82, 2.24) is 5.48 Å². The number of hydrogen-bond donors (Lipinski definition) is 2. The van der Waals surface area contributed by atoms with Crippen molar-refractivity contribution in [2.75, 3.05) is 6.61 Å². The quantitative estimate of drug-likeness (QED) is 0.556. The van der Waals surface area contributed by atoms with Gasteiger partial charge in [-0.1, -0.05) is 6.92 Å². The largest absolute Gasteiger partial charge is 0.368 e. The average Bonchev–Trinajstić information content (AvgIpc) is 1.94. The Bertz CT molecular complexity index is 149. The lowest BCUT2D eigenvalue weighted by Crippen LogP contribution is -2.43. The molecule has 0 aromatic heterocycles. The van der Waals surface area contributed by atoms with E-state index in [2.05, 4.69) is 12.4 Å². The summed E-state index contributed by atoms with van der Waals surface area (Å²) in [6, 6.07) is 0.411. The summed E-state index contributed by atoms with van der Waals surface area (Å²) in [4.78, 5) is 15.1. The van der Waals surface area contributed by atoms with Crippen molar-refractivity contribution < 1.29 is 9.63 Å². The third-order valence-corrected chi connectivity index (χ3v) is 2.07. The summed E-state index contributed by atoms with van der Waals surface area (Å²) in [5.41, 5.74) is 7.67. The van der Waals surface area contributed by atoms with E-state index in [1.807, 2.05) is 0 Å². The molecule has 2 atom stereocenters. The van der Waals surface area contributed by atoms with Crippen molar-refractivity contribution in [1.29, 1.82) is 0 Å². The van der Waals surface area contributed by atoms with E-state index in [0.717, 1.165) is 6.42 Å². The van der Waals surface area contributed by atoms with E-state index in [1.165, 1.54) is 6.42 Å². The zero-order chi connectivity index (χ0) is 8.27. The summed E-state index contributed by atoms with van der Waals surface area (Å²) in [6.45, 7) is 2.11. The number of hydroxylamine groups is 1. The minimum absolute atomic E-state index is 0.0385. The second-order valence-electron chi connectivity index (χ2n) is 3.03. The van der Waals surface area contributed by atoms with Crippen LogP contribution in [0.4, 0.5) is 0 Å². The van der Waals surface area contributed by atoms with Gasteiger partial charge in [0.1, 0.15) is 6.61 Å². The molecule has 1 fully saturated rings. The van der Waals surface area contributed by atoms with E-state index in [9.17, 15) is 4.79 Å². The lowest BCUT2D eigenvalue weighted by molar-refractivity contribution is -0.127. The topological polar surface area (TPSA) is 64.3 Å². The van der Waals surface area contributed by atoms with Gasteiger partial charge in [0.15, 0.2) is 0 Å². The van der Waals surface area contributed by atoms with Gasteiger partial charge in [-0.05, 0) is 18.8 Å². The molecule has 0 saturated heterocycles. The van der Waals surface area contributed by atoms with Gasteiger partial charge < -0.3 is 5.73 Å². The van der Waals surface area contributed by atoms with E-state index in [0.29, 0.717) is 12.0 Å². The maximum Gasteiger partial charge on any atom is 0.245 e. The summed E-state index contributed by atoms with van der Waals surface area (Å²) >= 11 is 0. The normalized spacial score (nSPS) is 29.5. The van der Waals surface area contributed by atoms with Gasteiger partial charge in [0.05, 0.1) is 0 Å². The second kappa shape index (κ2) is 3.69. The van der Waals surface area contributed by atoms with Crippen LogP contribution in [0.15, 0.2) is 0 Å². The Morgan fingerprint density at radius 3 is 2.82 bits per heavy atom. The molecule has 4 heteroatoms. The van der Waals surface area contributed by atoms with E-state index < -0.39 is 5.91 Å². The molecule has 0 aromatic rings. The minimum atomic E-state index is -0.440. The highest BCUT2D eigenvalue weighted by atomic mass is 16.6. The number of carbonyl (C=O) groups excluding carboxylic acids is 1. The first kappa shape index (κ1) is 8.49. The highest BCUT2D eigenvalue weighted by Gasteiger charge is 2.26. The van der Waals surface area contributed by atoms with E-state index >= 15 is 0 Å². The fourth-order valence-electron chi connectivity index (χ4n) is 1.06. The van der Waals surface area contributed by atoms with Crippen molar-refractivity contribution in [2.45, 2.75) is 25.8 Å². The summed E-state index contributed by atoms with van der Waals surface area (Å²) in [7, 11) is 0. The van der Waals surface area contributed by atoms with Crippen molar-refractivity contribution >= 4 is 5.91 Å². The highest BCUT2D eigenvalue weighted by Crippen LogP contribution is 2.25. The Hall–Kier alpha value is -0.610. The fraction of sp³-hybridized carbons (Fsp3) is 0.857. The number of rotatable bonds is 4. The third kappa shape index (κ3) is 2.48. The molecule has 64 valence electrons. The molecule has 0 bridgehead atoms. The molecule has 2 unspecified atom stereocenters. The molecular weight excluding hydrogens is 144 g/mol. The lowest BCUT2D eigenvalue weighted by Gasteiger charge is -2.33. The second-order valence-corrected chi connectivity index (χ2v) is 3.03. The van der Waals surface area contributed by atoms with E-state index in [4.69, 9.17) is 10.6 Å². The number of carbonyl (C=O) groups is 1. The molecule has 3 N–H and O–H groups in total. The fourth-order valence-corrected chi connectivity index (χ4v) is 1.06. The maximum atomic E-state index is 10.2. The summed E-state index contributed by atoms with van der Waals surface area (Å²) < 4.78 is 0. The van der Waals surface area contributed by atoms with Crippen LogP contribution in [0.25, 0.3) is 0 Å². The monoisotopic (exact) mass is 158 g/mol. The highest BCUT2D eigenvalue weighted by molar-refractivity contribution is 5.74. The van der Waals surface area contributed by atoms with Crippen LogP contribution in [0, 0.1) is 5.92 Å². The smallest absolute Gasteiger partial charge is 0.245 e. The first-order valence-corrected chi connectivity index (χ1v) is 3.86. The predicted molar refractivity (Wildman–Crippen MR) is 40.5 cm³/mol. The van der Waals surface area contributed by atoms with E-state index in [-0.39, 0.29) is 6.61 Å². The summed E-state index contributed by atoms with van der Waals surface area (Å²) in [5.74, 6) is 0.215. The molecule has 0 aromatic carbocycles. The Morgan fingerprint density at radius 2 is 2.45 bits per heavy atom. The molecule has 0 spiro atoms. The van der Waals surface area contributed by atoms with Crippen molar-refractivity contribution in [3.8, 4) is 0 Å². The van der Waals surface area contributed by atoms with Crippen LogP contribution < -0.4 is 11.2 Å². The van der Waals surface area contributed by atoms with E-state index in [1.54, 1.807) is 0 Å². The third-order valence-electron chi connectivity index (χ3n) is 2.07. The Labute approximate surface area is 66.0 Å². The standard InChI is InChI=1S/C7H14N2O2/c1-5-2-3-6(5)9-11-4-7(8)10/h5-6,9H,2-4H2,1H3,(H2,8,10). The van der Waals surface area contributed by atoms with Gasteiger partial charge in [0, 0.05) is 6.04 Å². The van der Waals surface area contributed by atoms with Crippen molar-refractivity contribution in [3.63, 3.8) is 0 Å². The minimum Gasteiger partial charge on any atom is -0.368 e. The molecule has 0 aliphatic heterocycles. The predicted octanol–water partition coefficient (Wildman–Crippen LogP) is -0.209. The molecule has 11 heavy (non-hydrogen) atoms. The van der Waals surface area contributed by atoms with Crippen LogP contribution in [0.2, 0.25) is 0 Å². The molecule has 0 heterocycles. The zero-order valence-corrected chi connectivity index (χ0v) is 6.67. The molecule has 1 aliphatic rings. The lowest BCUT2D eigenvalue weighted by atomic mass is 9.82. The van der Waals surface area contributed by atoms with Crippen LogP contribution >= 0.6 is 0 Å². The average molecular weight is 158 g/mol. The molecule has 1 aliphatic carbocycles. The molecule has 1 rings (SSSR count). The van der Waals surface area contributed by atoms with Crippen LogP contribution in [-0.4, -0.2) is 18.6 Å². The number of primary amides is 1. The van der Waals surface area contributed by atoms with Gasteiger partial charge >= 0.3 is 0 Å². The first-order valence-electron chi connectivity index (χ1n) is 3.86. The van der Waals surface area contributed by atoms with Crippen LogP contribution in [-0.2, 0) is 9.63 Å². The Balaban J connectivity index is 1.99. The van der Waals surface area contributed by atoms with Crippen molar-refractivity contribution in [3.05, 3.63) is 0 Å².